The molecule has 0 aromatic heterocycles. The molecule has 110 valence electrons. The number of piperidine rings is 1. The monoisotopic (exact) mass is 296 g/mol. The Morgan fingerprint density at radius 1 is 1.55 bits per heavy atom. The van der Waals surface area contributed by atoms with Gasteiger partial charge in [-0.05, 0) is 57.0 Å². The maximum Gasteiger partial charge on any atom is 0.258 e. The van der Waals surface area contributed by atoms with Crippen molar-refractivity contribution < 1.29 is 9.53 Å². The second-order valence-corrected chi connectivity index (χ2v) is 5.69. The van der Waals surface area contributed by atoms with E-state index in [9.17, 15) is 4.79 Å². The van der Waals surface area contributed by atoms with Crippen LogP contribution in [0, 0.1) is 6.92 Å². The Bertz CT molecular complexity index is 479. The number of aryl methyl sites for hydroxylation is 1. The van der Waals surface area contributed by atoms with E-state index in [1.54, 1.807) is 12.1 Å². The highest BCUT2D eigenvalue weighted by Gasteiger charge is 2.22. The molecule has 1 heterocycles. The van der Waals surface area contributed by atoms with Gasteiger partial charge in [-0.2, -0.15) is 0 Å². The smallest absolute Gasteiger partial charge is 0.258 e. The quantitative estimate of drug-likeness (QED) is 0.896. The van der Waals surface area contributed by atoms with Crippen molar-refractivity contribution >= 4 is 17.5 Å². The van der Waals surface area contributed by atoms with E-state index in [2.05, 4.69) is 17.6 Å². The average Bonchev–Trinajstić information content (AvgIpc) is 2.40. The van der Waals surface area contributed by atoms with E-state index in [0.717, 1.165) is 24.9 Å². The first-order valence-corrected chi connectivity index (χ1v) is 7.36. The Balaban J connectivity index is 1.82. The fraction of sp³-hybridized carbons (Fsp3) is 0.533. The zero-order chi connectivity index (χ0) is 14.5. The molecule has 2 atom stereocenters. The van der Waals surface area contributed by atoms with Gasteiger partial charge >= 0.3 is 0 Å². The third kappa shape index (κ3) is 4.12. The van der Waals surface area contributed by atoms with Crippen molar-refractivity contribution in [2.45, 2.75) is 38.8 Å². The molecule has 0 saturated carbocycles. The van der Waals surface area contributed by atoms with Crippen molar-refractivity contribution in [3.63, 3.8) is 0 Å². The van der Waals surface area contributed by atoms with Gasteiger partial charge in [-0.25, -0.2) is 0 Å². The molecular formula is C15H21ClN2O2. The van der Waals surface area contributed by atoms with Gasteiger partial charge < -0.3 is 15.4 Å². The summed E-state index contributed by atoms with van der Waals surface area (Å²) in [6.45, 7) is 5.06. The van der Waals surface area contributed by atoms with Crippen LogP contribution in [-0.2, 0) is 4.79 Å². The van der Waals surface area contributed by atoms with Crippen molar-refractivity contribution in [3.8, 4) is 5.75 Å². The molecule has 2 unspecified atom stereocenters. The fourth-order valence-corrected chi connectivity index (χ4v) is 2.63. The number of hydrogen-bond donors (Lipinski definition) is 2. The number of nitrogens with one attached hydrogen (secondary N) is 2. The molecule has 1 aromatic rings. The van der Waals surface area contributed by atoms with Crippen LogP contribution in [0.15, 0.2) is 18.2 Å². The number of hydrogen-bond acceptors (Lipinski definition) is 3. The maximum absolute atomic E-state index is 11.9. The fourth-order valence-electron chi connectivity index (χ4n) is 2.41. The molecule has 1 amide bonds. The van der Waals surface area contributed by atoms with Gasteiger partial charge in [0.2, 0.25) is 0 Å². The van der Waals surface area contributed by atoms with Gasteiger partial charge in [0, 0.05) is 17.1 Å². The zero-order valence-corrected chi connectivity index (χ0v) is 12.7. The zero-order valence-electron chi connectivity index (χ0n) is 11.9. The van der Waals surface area contributed by atoms with Gasteiger partial charge in [0.15, 0.2) is 6.61 Å². The number of carbonyl (C=O) groups is 1. The topological polar surface area (TPSA) is 50.4 Å². The van der Waals surface area contributed by atoms with Gasteiger partial charge in [-0.3, -0.25) is 4.79 Å². The minimum absolute atomic E-state index is 0.0334. The summed E-state index contributed by atoms with van der Waals surface area (Å²) in [7, 11) is 0. The summed E-state index contributed by atoms with van der Waals surface area (Å²) in [6.07, 6.45) is 2.10. The van der Waals surface area contributed by atoms with E-state index < -0.39 is 0 Å². The summed E-state index contributed by atoms with van der Waals surface area (Å²) in [5.41, 5.74) is 0.929. The molecule has 4 nitrogen and oxygen atoms in total. The minimum Gasteiger partial charge on any atom is -0.484 e. The molecule has 1 aromatic carbocycles. The molecule has 0 radical (unpaired) electrons. The van der Waals surface area contributed by atoms with Gasteiger partial charge in [0.25, 0.3) is 5.91 Å². The predicted octanol–water partition coefficient (Wildman–Crippen LogP) is 2.28. The lowest BCUT2D eigenvalue weighted by molar-refractivity contribution is -0.124. The molecule has 2 rings (SSSR count). The van der Waals surface area contributed by atoms with E-state index in [4.69, 9.17) is 16.3 Å². The lowest BCUT2D eigenvalue weighted by Crippen LogP contribution is -2.52. The van der Waals surface area contributed by atoms with Crippen LogP contribution >= 0.6 is 11.6 Å². The predicted molar refractivity (Wildman–Crippen MR) is 80.3 cm³/mol. The summed E-state index contributed by atoms with van der Waals surface area (Å²) >= 11 is 5.88. The first-order valence-electron chi connectivity index (χ1n) is 6.98. The largest absolute Gasteiger partial charge is 0.484 e. The summed E-state index contributed by atoms with van der Waals surface area (Å²) in [6, 6.07) is 5.86. The number of amides is 1. The molecular weight excluding hydrogens is 276 g/mol. The second-order valence-electron chi connectivity index (χ2n) is 5.26. The van der Waals surface area contributed by atoms with E-state index in [1.165, 1.54) is 0 Å². The molecule has 1 fully saturated rings. The lowest BCUT2D eigenvalue weighted by atomic mass is 10.00. The number of halogens is 1. The van der Waals surface area contributed by atoms with Gasteiger partial charge in [-0.1, -0.05) is 11.6 Å². The number of carbonyl (C=O) groups excluding carboxylic acids is 1. The molecule has 1 aliphatic rings. The first kappa shape index (κ1) is 15.1. The van der Waals surface area contributed by atoms with Crippen LogP contribution in [0.5, 0.6) is 5.75 Å². The van der Waals surface area contributed by atoms with Crippen LogP contribution in [0.2, 0.25) is 5.02 Å². The number of rotatable bonds is 4. The molecule has 1 aliphatic heterocycles. The Morgan fingerprint density at radius 2 is 2.35 bits per heavy atom. The minimum atomic E-state index is -0.0834. The molecule has 1 saturated heterocycles. The standard InChI is InChI=1S/C15H21ClN2O2/c1-10-8-12(16)5-6-14(10)20-9-15(19)18-13-4-3-7-17-11(13)2/h5-6,8,11,13,17H,3-4,7,9H2,1-2H3,(H,18,19). The van der Waals surface area contributed by atoms with Crippen LogP contribution in [0.1, 0.15) is 25.3 Å². The molecule has 0 aliphatic carbocycles. The highest BCUT2D eigenvalue weighted by molar-refractivity contribution is 6.30. The van der Waals surface area contributed by atoms with E-state index in [-0.39, 0.29) is 18.6 Å². The number of benzene rings is 1. The summed E-state index contributed by atoms with van der Waals surface area (Å²) in [5.74, 6) is 0.610. The van der Waals surface area contributed by atoms with Crippen LogP contribution in [-0.4, -0.2) is 31.1 Å². The first-order chi connectivity index (χ1) is 9.56. The second kappa shape index (κ2) is 6.95. The van der Waals surface area contributed by atoms with Crippen LogP contribution in [0.3, 0.4) is 0 Å². The van der Waals surface area contributed by atoms with Crippen molar-refractivity contribution in [2.75, 3.05) is 13.2 Å². The molecule has 2 N–H and O–H groups in total. The third-order valence-corrected chi connectivity index (χ3v) is 3.84. The van der Waals surface area contributed by atoms with E-state index in [1.807, 2.05) is 13.0 Å². The van der Waals surface area contributed by atoms with Gasteiger partial charge in [0.05, 0.1) is 0 Å². The number of ether oxygens (including phenoxy) is 1. The van der Waals surface area contributed by atoms with E-state index in [0.29, 0.717) is 16.8 Å². The third-order valence-electron chi connectivity index (χ3n) is 3.60. The van der Waals surface area contributed by atoms with Crippen molar-refractivity contribution in [1.29, 1.82) is 0 Å². The summed E-state index contributed by atoms with van der Waals surface area (Å²) in [4.78, 5) is 11.9. The molecule has 0 bridgehead atoms. The Morgan fingerprint density at radius 3 is 3.05 bits per heavy atom. The van der Waals surface area contributed by atoms with Crippen LogP contribution in [0.25, 0.3) is 0 Å². The Hall–Kier alpha value is -1.26. The highest BCUT2D eigenvalue weighted by Crippen LogP contribution is 2.21. The molecule has 5 heteroatoms. The van der Waals surface area contributed by atoms with Crippen molar-refractivity contribution in [3.05, 3.63) is 28.8 Å². The van der Waals surface area contributed by atoms with Crippen LogP contribution < -0.4 is 15.4 Å². The summed E-state index contributed by atoms with van der Waals surface area (Å²) in [5, 5.41) is 7.04. The maximum atomic E-state index is 11.9. The van der Waals surface area contributed by atoms with Gasteiger partial charge in [0.1, 0.15) is 5.75 Å². The lowest BCUT2D eigenvalue weighted by Gasteiger charge is -2.30. The van der Waals surface area contributed by atoms with Crippen molar-refractivity contribution in [1.82, 2.24) is 10.6 Å². The highest BCUT2D eigenvalue weighted by atomic mass is 35.5. The Labute approximate surface area is 124 Å². The summed E-state index contributed by atoms with van der Waals surface area (Å²) < 4.78 is 5.54. The Kier molecular flexibility index (Phi) is 5.26. The SMILES string of the molecule is Cc1cc(Cl)ccc1OCC(=O)NC1CCCNC1C. The van der Waals surface area contributed by atoms with E-state index >= 15 is 0 Å². The normalized spacial score (nSPS) is 22.4. The van der Waals surface area contributed by atoms with Crippen LogP contribution in [0.4, 0.5) is 0 Å². The molecule has 20 heavy (non-hydrogen) atoms. The molecule has 0 spiro atoms. The average molecular weight is 297 g/mol. The van der Waals surface area contributed by atoms with Gasteiger partial charge in [-0.15, -0.1) is 0 Å². The van der Waals surface area contributed by atoms with Crippen molar-refractivity contribution in [2.24, 2.45) is 0 Å².